The van der Waals surface area contributed by atoms with Gasteiger partial charge in [0.25, 0.3) is 0 Å². The number of rotatable bonds is 7. The first kappa shape index (κ1) is 32.4. The first-order valence-corrected chi connectivity index (χ1v) is 18.7. The number of pyridine rings is 2. The maximum atomic E-state index is 4.95. The number of dihydropyridines is 1. The SMILES string of the molecule is C1=C(c2ccccc2)C=C(c2ccccn2)NC1c1ccc(-c2ccc(-c3ccc(-c4ccc5c(c4)c4ccccc4n5-c4ccccc4)cc3)cc2)cn1. The Hall–Kier alpha value is -7.30. The molecule has 1 unspecified atom stereocenters. The van der Waals surface area contributed by atoms with Gasteiger partial charge in [-0.1, -0.05) is 133 Å². The maximum absolute atomic E-state index is 4.95. The number of nitrogens with one attached hydrogen (secondary N) is 1. The largest absolute Gasteiger partial charge is 0.371 e. The fourth-order valence-electron chi connectivity index (χ4n) is 7.75. The molecule has 4 heteroatoms. The molecule has 55 heavy (non-hydrogen) atoms. The van der Waals surface area contributed by atoms with Crippen LogP contribution in [0.1, 0.15) is 23.0 Å². The highest BCUT2D eigenvalue weighted by Crippen LogP contribution is 2.36. The van der Waals surface area contributed by atoms with Crippen molar-refractivity contribution in [1.29, 1.82) is 0 Å². The third-order valence-electron chi connectivity index (χ3n) is 10.6. The van der Waals surface area contributed by atoms with Crippen LogP contribution in [-0.4, -0.2) is 14.5 Å². The molecule has 9 aromatic rings. The van der Waals surface area contributed by atoms with Crippen molar-refractivity contribution >= 4 is 33.1 Å². The predicted molar refractivity (Wildman–Crippen MR) is 227 cm³/mol. The van der Waals surface area contributed by atoms with E-state index in [2.05, 4.69) is 185 Å². The molecule has 4 heterocycles. The lowest BCUT2D eigenvalue weighted by molar-refractivity contribution is 0.736. The molecule has 0 fully saturated rings. The van der Waals surface area contributed by atoms with Gasteiger partial charge in [0.2, 0.25) is 0 Å². The number of para-hydroxylation sites is 2. The third kappa shape index (κ3) is 6.20. The highest BCUT2D eigenvalue weighted by molar-refractivity contribution is 6.10. The van der Waals surface area contributed by atoms with Crippen molar-refractivity contribution in [2.75, 3.05) is 0 Å². The van der Waals surface area contributed by atoms with Crippen LogP contribution in [-0.2, 0) is 0 Å². The van der Waals surface area contributed by atoms with Gasteiger partial charge in [-0.3, -0.25) is 9.97 Å². The molecule has 0 aliphatic carbocycles. The van der Waals surface area contributed by atoms with Crippen molar-refractivity contribution in [2.45, 2.75) is 6.04 Å². The Morgan fingerprint density at radius 3 is 1.75 bits per heavy atom. The lowest BCUT2D eigenvalue weighted by atomic mass is 9.95. The van der Waals surface area contributed by atoms with Gasteiger partial charge in [0.05, 0.1) is 34.2 Å². The van der Waals surface area contributed by atoms with Gasteiger partial charge in [0.1, 0.15) is 0 Å². The number of allylic oxidation sites excluding steroid dienone is 2. The number of nitrogens with zero attached hydrogens (tertiary/aromatic N) is 3. The quantitative estimate of drug-likeness (QED) is 0.180. The average Bonchev–Trinajstić information content (AvgIpc) is 3.61. The van der Waals surface area contributed by atoms with Gasteiger partial charge in [-0.25, -0.2) is 0 Å². The maximum Gasteiger partial charge on any atom is 0.0879 e. The summed E-state index contributed by atoms with van der Waals surface area (Å²) in [6.45, 7) is 0. The summed E-state index contributed by atoms with van der Waals surface area (Å²) in [5.41, 5.74) is 15.7. The van der Waals surface area contributed by atoms with Gasteiger partial charge >= 0.3 is 0 Å². The molecule has 0 saturated carbocycles. The number of hydrogen-bond donors (Lipinski definition) is 1. The van der Waals surface area contributed by atoms with Crippen LogP contribution in [0.4, 0.5) is 0 Å². The summed E-state index contributed by atoms with van der Waals surface area (Å²) >= 11 is 0. The second kappa shape index (κ2) is 13.9. The first-order valence-electron chi connectivity index (χ1n) is 18.7. The van der Waals surface area contributed by atoms with Gasteiger partial charge in [0.15, 0.2) is 0 Å². The molecule has 1 atom stereocenters. The monoisotopic (exact) mass is 704 g/mol. The smallest absolute Gasteiger partial charge is 0.0879 e. The summed E-state index contributed by atoms with van der Waals surface area (Å²) in [7, 11) is 0. The molecule has 6 aromatic carbocycles. The van der Waals surface area contributed by atoms with E-state index in [1.54, 1.807) is 0 Å². The normalized spacial score (nSPS) is 14.0. The molecule has 0 saturated heterocycles. The van der Waals surface area contributed by atoms with Crippen molar-refractivity contribution in [3.8, 4) is 39.1 Å². The molecule has 1 N–H and O–H groups in total. The molecule has 0 radical (unpaired) electrons. The van der Waals surface area contributed by atoms with Gasteiger partial charge in [-0.05, 0) is 99.6 Å². The zero-order chi connectivity index (χ0) is 36.6. The number of fused-ring (bicyclic) bond motifs is 3. The summed E-state index contributed by atoms with van der Waals surface area (Å²) in [5.74, 6) is 0. The van der Waals surface area contributed by atoms with Crippen molar-refractivity contribution in [2.24, 2.45) is 0 Å². The number of benzene rings is 6. The number of hydrogen-bond acceptors (Lipinski definition) is 3. The molecular formula is C51H36N4. The third-order valence-corrected chi connectivity index (χ3v) is 10.6. The Morgan fingerprint density at radius 2 is 1.05 bits per heavy atom. The van der Waals surface area contributed by atoms with E-state index in [0.717, 1.165) is 33.8 Å². The van der Waals surface area contributed by atoms with Gasteiger partial charge < -0.3 is 9.88 Å². The Bertz CT molecular complexity index is 2840. The van der Waals surface area contributed by atoms with Gasteiger partial charge in [-0.2, -0.15) is 0 Å². The van der Waals surface area contributed by atoms with E-state index in [0.29, 0.717) is 0 Å². The molecular weight excluding hydrogens is 669 g/mol. The van der Waals surface area contributed by atoms with Crippen LogP contribution < -0.4 is 5.32 Å². The first-order chi connectivity index (χ1) is 27.2. The zero-order valence-corrected chi connectivity index (χ0v) is 30.0. The van der Waals surface area contributed by atoms with E-state index in [1.165, 1.54) is 55.3 Å². The summed E-state index contributed by atoms with van der Waals surface area (Å²) < 4.78 is 2.36. The van der Waals surface area contributed by atoms with Crippen LogP contribution in [0.15, 0.2) is 207 Å². The van der Waals surface area contributed by atoms with Gasteiger partial charge in [-0.15, -0.1) is 0 Å². The molecule has 1 aliphatic heterocycles. The Morgan fingerprint density at radius 1 is 0.455 bits per heavy atom. The topological polar surface area (TPSA) is 42.7 Å². The Labute approximate surface area is 320 Å². The molecule has 3 aromatic heterocycles. The van der Waals surface area contributed by atoms with Crippen molar-refractivity contribution < 1.29 is 0 Å². The highest BCUT2D eigenvalue weighted by Gasteiger charge is 2.20. The molecule has 260 valence electrons. The molecule has 0 amide bonds. The second-order valence-electron chi connectivity index (χ2n) is 13.9. The second-order valence-corrected chi connectivity index (χ2v) is 13.9. The van der Waals surface area contributed by atoms with Gasteiger partial charge in [0, 0.05) is 34.4 Å². The minimum Gasteiger partial charge on any atom is -0.371 e. The van der Waals surface area contributed by atoms with E-state index in [-0.39, 0.29) is 6.04 Å². The van der Waals surface area contributed by atoms with E-state index in [4.69, 9.17) is 4.98 Å². The standard InChI is InChI=1S/C51H36N4/c1-3-11-35(12-4-1)42-32-48(46-16-9-10-30-52-46)54-49(33-42)47-28-26-41(34-53-47)39-24-20-37(21-25-39)36-18-22-38(23-19-36)40-27-29-51-45(31-40)44-15-7-8-17-50(44)55(51)43-13-5-2-6-14-43/h1-34,49,54H. The van der Waals surface area contributed by atoms with Crippen LogP contribution in [0, 0.1) is 0 Å². The van der Waals surface area contributed by atoms with E-state index in [1.807, 2.05) is 36.7 Å². The van der Waals surface area contributed by atoms with Crippen LogP contribution in [0.3, 0.4) is 0 Å². The number of aromatic nitrogens is 3. The minimum absolute atomic E-state index is 0.0896. The Balaban J connectivity index is 0.884. The lowest BCUT2D eigenvalue weighted by Gasteiger charge is -2.24. The minimum atomic E-state index is -0.0896. The van der Waals surface area contributed by atoms with Crippen molar-refractivity contribution in [1.82, 2.24) is 19.9 Å². The fraction of sp³-hybridized carbons (Fsp3) is 0.0196. The summed E-state index contributed by atoms with van der Waals surface area (Å²) in [5, 5.41) is 6.18. The van der Waals surface area contributed by atoms with Crippen LogP contribution in [0.2, 0.25) is 0 Å². The predicted octanol–water partition coefficient (Wildman–Crippen LogP) is 12.3. The van der Waals surface area contributed by atoms with E-state index >= 15 is 0 Å². The molecule has 0 spiro atoms. The highest BCUT2D eigenvalue weighted by atomic mass is 15.0. The summed E-state index contributed by atoms with van der Waals surface area (Å²) in [6.07, 6.45) is 8.22. The van der Waals surface area contributed by atoms with E-state index in [9.17, 15) is 0 Å². The summed E-state index contributed by atoms with van der Waals surface area (Å²) in [4.78, 5) is 9.56. The molecule has 4 nitrogen and oxygen atoms in total. The van der Waals surface area contributed by atoms with Crippen molar-refractivity contribution in [3.63, 3.8) is 0 Å². The molecule has 0 bridgehead atoms. The van der Waals surface area contributed by atoms with Crippen LogP contribution in [0.5, 0.6) is 0 Å². The fourth-order valence-corrected chi connectivity index (χ4v) is 7.75. The molecule has 1 aliphatic rings. The lowest BCUT2D eigenvalue weighted by Crippen LogP contribution is -2.23. The zero-order valence-electron chi connectivity index (χ0n) is 30.0. The van der Waals surface area contributed by atoms with Crippen LogP contribution >= 0.6 is 0 Å². The average molecular weight is 705 g/mol. The summed E-state index contributed by atoms with van der Waals surface area (Å²) in [6, 6.07) is 64.4. The van der Waals surface area contributed by atoms with Crippen molar-refractivity contribution in [3.05, 3.63) is 223 Å². The van der Waals surface area contributed by atoms with Crippen LogP contribution in [0.25, 0.3) is 72.1 Å². The van der Waals surface area contributed by atoms with E-state index < -0.39 is 0 Å². The Kier molecular flexibility index (Phi) is 8.19. The molecule has 10 rings (SSSR count).